The fourth-order valence-electron chi connectivity index (χ4n) is 2.86. The SMILES string of the molecule is Cc1ccc([C@@H](C(=O)N(C)C2CCOCC2)N(C)C)cc1. The summed E-state index contributed by atoms with van der Waals surface area (Å²) in [6.07, 6.45) is 1.85. The molecule has 0 aromatic heterocycles. The molecular weight excluding hydrogens is 264 g/mol. The number of aryl methyl sites for hydroxylation is 1. The average molecular weight is 290 g/mol. The van der Waals surface area contributed by atoms with Gasteiger partial charge in [0.2, 0.25) is 5.91 Å². The van der Waals surface area contributed by atoms with Gasteiger partial charge in [-0.15, -0.1) is 0 Å². The van der Waals surface area contributed by atoms with Gasteiger partial charge in [-0.05, 0) is 39.4 Å². The van der Waals surface area contributed by atoms with Crippen LogP contribution in [0, 0.1) is 6.92 Å². The Kier molecular flexibility index (Phi) is 5.37. The number of carbonyl (C=O) groups excluding carboxylic acids is 1. The minimum Gasteiger partial charge on any atom is -0.381 e. The number of hydrogen-bond donors (Lipinski definition) is 0. The Morgan fingerprint density at radius 3 is 2.24 bits per heavy atom. The second-order valence-corrected chi connectivity index (χ2v) is 6.07. The van der Waals surface area contributed by atoms with Crippen LogP contribution in [0.3, 0.4) is 0 Å². The maximum Gasteiger partial charge on any atom is 0.244 e. The van der Waals surface area contributed by atoms with Gasteiger partial charge in [0.25, 0.3) is 0 Å². The summed E-state index contributed by atoms with van der Waals surface area (Å²) < 4.78 is 5.39. The maximum absolute atomic E-state index is 12.9. The average Bonchev–Trinajstić information content (AvgIpc) is 2.49. The smallest absolute Gasteiger partial charge is 0.244 e. The zero-order chi connectivity index (χ0) is 15.4. The zero-order valence-electron chi connectivity index (χ0n) is 13.5. The molecule has 1 heterocycles. The van der Waals surface area contributed by atoms with Gasteiger partial charge in [-0.1, -0.05) is 29.8 Å². The fraction of sp³-hybridized carbons (Fsp3) is 0.588. The first kappa shape index (κ1) is 16.0. The van der Waals surface area contributed by atoms with Gasteiger partial charge in [-0.3, -0.25) is 9.69 Å². The van der Waals surface area contributed by atoms with Gasteiger partial charge >= 0.3 is 0 Å². The molecule has 1 saturated heterocycles. The van der Waals surface area contributed by atoms with Crippen molar-refractivity contribution < 1.29 is 9.53 Å². The van der Waals surface area contributed by atoms with Gasteiger partial charge in [-0.2, -0.15) is 0 Å². The molecule has 0 spiro atoms. The van der Waals surface area contributed by atoms with E-state index in [-0.39, 0.29) is 11.9 Å². The van der Waals surface area contributed by atoms with E-state index in [2.05, 4.69) is 31.2 Å². The summed E-state index contributed by atoms with van der Waals surface area (Å²) in [6.45, 7) is 3.56. The number of likely N-dealkylation sites (N-methyl/N-ethyl adjacent to an activating group) is 2. The number of benzene rings is 1. The number of hydrogen-bond acceptors (Lipinski definition) is 3. The highest BCUT2D eigenvalue weighted by Crippen LogP contribution is 2.24. The highest BCUT2D eigenvalue weighted by Gasteiger charge is 2.30. The first-order chi connectivity index (χ1) is 10.0. The van der Waals surface area contributed by atoms with Crippen LogP contribution in [0.1, 0.15) is 30.0 Å². The lowest BCUT2D eigenvalue weighted by Crippen LogP contribution is -2.45. The number of carbonyl (C=O) groups is 1. The lowest BCUT2D eigenvalue weighted by atomic mass is 10.0. The van der Waals surface area contributed by atoms with Crippen molar-refractivity contribution in [2.24, 2.45) is 0 Å². The van der Waals surface area contributed by atoms with Crippen LogP contribution in [0.2, 0.25) is 0 Å². The summed E-state index contributed by atoms with van der Waals surface area (Å²) in [4.78, 5) is 16.8. The van der Waals surface area contributed by atoms with Crippen molar-refractivity contribution in [2.75, 3.05) is 34.4 Å². The number of ether oxygens (including phenoxy) is 1. The lowest BCUT2D eigenvalue weighted by molar-refractivity contribution is -0.138. The minimum absolute atomic E-state index is 0.163. The van der Waals surface area contributed by atoms with E-state index in [1.54, 1.807) is 0 Å². The molecule has 0 radical (unpaired) electrons. The molecule has 1 amide bonds. The predicted octanol–water partition coefficient (Wildman–Crippen LogP) is 2.24. The topological polar surface area (TPSA) is 32.8 Å². The monoisotopic (exact) mass is 290 g/mol. The van der Waals surface area contributed by atoms with Crippen molar-refractivity contribution in [1.29, 1.82) is 0 Å². The van der Waals surface area contributed by atoms with Gasteiger partial charge in [0.05, 0.1) is 0 Å². The third-order valence-corrected chi connectivity index (χ3v) is 4.23. The van der Waals surface area contributed by atoms with Gasteiger partial charge in [0, 0.05) is 26.3 Å². The van der Waals surface area contributed by atoms with Crippen molar-refractivity contribution in [2.45, 2.75) is 31.8 Å². The van der Waals surface area contributed by atoms with Crippen molar-refractivity contribution >= 4 is 5.91 Å². The van der Waals surface area contributed by atoms with E-state index in [9.17, 15) is 4.79 Å². The molecule has 1 aromatic rings. The molecule has 0 bridgehead atoms. The van der Waals surface area contributed by atoms with Crippen LogP contribution < -0.4 is 0 Å². The van der Waals surface area contributed by atoms with Crippen LogP contribution in [0.25, 0.3) is 0 Å². The quantitative estimate of drug-likeness (QED) is 0.852. The molecule has 0 N–H and O–H groups in total. The van der Waals surface area contributed by atoms with Crippen molar-refractivity contribution in [3.05, 3.63) is 35.4 Å². The Labute approximate surface area is 127 Å². The molecule has 1 fully saturated rings. The van der Waals surface area contributed by atoms with Crippen LogP contribution in [0.4, 0.5) is 0 Å². The summed E-state index contributed by atoms with van der Waals surface area (Å²) in [5.41, 5.74) is 2.26. The maximum atomic E-state index is 12.9. The normalized spacial score (nSPS) is 17.8. The summed E-state index contributed by atoms with van der Waals surface area (Å²) in [5, 5.41) is 0. The van der Waals surface area contributed by atoms with Crippen molar-refractivity contribution in [1.82, 2.24) is 9.80 Å². The lowest BCUT2D eigenvalue weighted by Gasteiger charge is -2.35. The summed E-state index contributed by atoms with van der Waals surface area (Å²) in [5.74, 6) is 0.163. The van der Waals surface area contributed by atoms with E-state index >= 15 is 0 Å². The molecule has 0 saturated carbocycles. The molecule has 1 aliphatic heterocycles. The molecule has 1 aliphatic rings. The van der Waals surface area contributed by atoms with Gasteiger partial charge in [0.15, 0.2) is 0 Å². The molecule has 21 heavy (non-hydrogen) atoms. The second kappa shape index (κ2) is 7.05. The third-order valence-electron chi connectivity index (χ3n) is 4.23. The van der Waals surface area contributed by atoms with E-state index in [1.807, 2.05) is 30.9 Å². The molecular formula is C17H26N2O2. The predicted molar refractivity (Wildman–Crippen MR) is 84.2 cm³/mol. The summed E-state index contributed by atoms with van der Waals surface area (Å²) in [7, 11) is 5.84. The van der Waals surface area contributed by atoms with Crippen molar-refractivity contribution in [3.63, 3.8) is 0 Å². The first-order valence-corrected chi connectivity index (χ1v) is 7.58. The van der Waals surface area contributed by atoms with Crippen molar-refractivity contribution in [3.8, 4) is 0 Å². The Morgan fingerprint density at radius 2 is 1.71 bits per heavy atom. The second-order valence-electron chi connectivity index (χ2n) is 6.07. The van der Waals surface area contributed by atoms with Gasteiger partial charge < -0.3 is 9.64 Å². The fourth-order valence-corrected chi connectivity index (χ4v) is 2.86. The van der Waals surface area contributed by atoms with Crippen LogP contribution in [0.5, 0.6) is 0 Å². The first-order valence-electron chi connectivity index (χ1n) is 7.58. The van der Waals surface area contributed by atoms with Gasteiger partial charge in [0.1, 0.15) is 6.04 Å². The van der Waals surface area contributed by atoms with Crippen LogP contribution in [0.15, 0.2) is 24.3 Å². The molecule has 0 aliphatic carbocycles. The number of amides is 1. The standard InChI is InChI=1S/C17H26N2O2/c1-13-5-7-14(8-6-13)16(18(2)3)17(20)19(4)15-9-11-21-12-10-15/h5-8,15-16H,9-12H2,1-4H3/t16-/m0/s1. The zero-order valence-corrected chi connectivity index (χ0v) is 13.5. The molecule has 1 atom stereocenters. The van der Waals surface area contributed by atoms with Crippen LogP contribution in [-0.2, 0) is 9.53 Å². The van der Waals surface area contributed by atoms with E-state index in [4.69, 9.17) is 4.74 Å². The third kappa shape index (κ3) is 3.83. The van der Waals surface area contributed by atoms with E-state index in [1.165, 1.54) is 5.56 Å². The Balaban J connectivity index is 2.16. The molecule has 4 nitrogen and oxygen atoms in total. The summed E-state index contributed by atoms with van der Waals surface area (Å²) >= 11 is 0. The van der Waals surface area contributed by atoms with Gasteiger partial charge in [-0.25, -0.2) is 0 Å². The molecule has 116 valence electrons. The minimum atomic E-state index is -0.224. The van der Waals surface area contributed by atoms with E-state index in [0.717, 1.165) is 31.6 Å². The highest BCUT2D eigenvalue weighted by atomic mass is 16.5. The number of rotatable bonds is 4. The Bertz CT molecular complexity index is 464. The highest BCUT2D eigenvalue weighted by molar-refractivity contribution is 5.83. The molecule has 1 aromatic carbocycles. The Hall–Kier alpha value is -1.39. The van der Waals surface area contributed by atoms with Crippen LogP contribution >= 0.6 is 0 Å². The number of nitrogens with zero attached hydrogens (tertiary/aromatic N) is 2. The molecule has 2 rings (SSSR count). The van der Waals surface area contributed by atoms with E-state index < -0.39 is 0 Å². The molecule has 4 heteroatoms. The summed E-state index contributed by atoms with van der Waals surface area (Å²) in [6, 6.07) is 8.30. The largest absolute Gasteiger partial charge is 0.381 e. The molecule has 0 unspecified atom stereocenters. The Morgan fingerprint density at radius 1 is 1.14 bits per heavy atom. The van der Waals surface area contributed by atoms with Crippen LogP contribution in [-0.4, -0.2) is 56.1 Å². The van der Waals surface area contributed by atoms with E-state index in [0.29, 0.717) is 6.04 Å².